The Kier molecular flexibility index (Phi) is 5.61. The van der Waals surface area contributed by atoms with E-state index < -0.39 is 0 Å². The van der Waals surface area contributed by atoms with E-state index in [0.717, 1.165) is 55.0 Å². The Morgan fingerprint density at radius 3 is 2.70 bits per heavy atom. The largest absolute Gasteiger partial charge is 0.370 e. The number of nitriles is 1. The molecule has 0 aliphatic carbocycles. The van der Waals surface area contributed by atoms with Crippen LogP contribution in [0.2, 0.25) is 0 Å². The van der Waals surface area contributed by atoms with Gasteiger partial charge in [-0.25, -0.2) is 4.98 Å². The lowest BCUT2D eigenvalue weighted by Crippen LogP contribution is -2.33. The summed E-state index contributed by atoms with van der Waals surface area (Å²) in [5.74, 6) is 0.736. The zero-order valence-electron chi connectivity index (χ0n) is 15.0. The maximum atomic E-state index is 9.67. The van der Waals surface area contributed by atoms with E-state index >= 15 is 0 Å². The molecule has 126 valence electrons. The number of fused-ring (bicyclic) bond motifs is 1. The molecular formula is C18H28N4O. The number of aryl methyl sites for hydroxylation is 1. The number of ether oxygens (including phenoxy) is 1. The average molecular weight is 316 g/mol. The summed E-state index contributed by atoms with van der Waals surface area (Å²) in [6.45, 7) is 8.64. The first-order valence-corrected chi connectivity index (χ1v) is 8.35. The molecule has 2 heterocycles. The Morgan fingerprint density at radius 2 is 2.09 bits per heavy atom. The normalized spacial score (nSPS) is 16.0. The third-order valence-electron chi connectivity index (χ3n) is 4.23. The number of aromatic nitrogens is 1. The van der Waals surface area contributed by atoms with Crippen LogP contribution in [0.25, 0.3) is 0 Å². The van der Waals surface area contributed by atoms with E-state index in [9.17, 15) is 5.26 Å². The second kappa shape index (κ2) is 7.29. The van der Waals surface area contributed by atoms with E-state index in [-0.39, 0.29) is 5.60 Å². The summed E-state index contributed by atoms with van der Waals surface area (Å²) in [7, 11) is 4.13. The van der Waals surface area contributed by atoms with Crippen LogP contribution in [0.4, 0.5) is 5.82 Å². The molecule has 0 aromatic carbocycles. The van der Waals surface area contributed by atoms with Crippen LogP contribution in [-0.4, -0.2) is 42.7 Å². The van der Waals surface area contributed by atoms with Crippen molar-refractivity contribution in [3.63, 3.8) is 0 Å². The highest BCUT2D eigenvalue weighted by Gasteiger charge is 2.31. The maximum Gasteiger partial charge on any atom is 0.144 e. The number of rotatable bonds is 6. The summed E-state index contributed by atoms with van der Waals surface area (Å²) in [6, 6.07) is 2.37. The molecule has 1 N–H and O–H groups in total. The van der Waals surface area contributed by atoms with Crippen LogP contribution in [0.3, 0.4) is 0 Å². The summed E-state index contributed by atoms with van der Waals surface area (Å²) in [5.41, 5.74) is 3.74. The summed E-state index contributed by atoms with van der Waals surface area (Å²) in [6.07, 6.45) is 2.63. The quantitative estimate of drug-likeness (QED) is 0.818. The van der Waals surface area contributed by atoms with E-state index in [1.54, 1.807) is 0 Å². The molecule has 0 atom stereocenters. The molecule has 0 radical (unpaired) electrons. The highest BCUT2D eigenvalue weighted by molar-refractivity contribution is 5.60. The molecule has 0 unspecified atom stereocenters. The Morgan fingerprint density at radius 1 is 1.35 bits per heavy atom. The van der Waals surface area contributed by atoms with Crippen molar-refractivity contribution in [2.24, 2.45) is 0 Å². The number of anilines is 1. The van der Waals surface area contributed by atoms with Crippen LogP contribution in [0.1, 0.15) is 49.6 Å². The lowest BCUT2D eigenvalue weighted by Gasteiger charge is -2.33. The molecule has 23 heavy (non-hydrogen) atoms. The minimum atomic E-state index is -0.229. The summed E-state index contributed by atoms with van der Waals surface area (Å²) < 4.78 is 5.92. The Labute approximate surface area is 139 Å². The Bertz CT molecular complexity index is 602. The molecule has 1 aliphatic heterocycles. The van der Waals surface area contributed by atoms with E-state index in [1.165, 1.54) is 0 Å². The topological polar surface area (TPSA) is 61.2 Å². The molecular weight excluding hydrogens is 288 g/mol. The van der Waals surface area contributed by atoms with Gasteiger partial charge >= 0.3 is 0 Å². The van der Waals surface area contributed by atoms with Gasteiger partial charge in [-0.1, -0.05) is 6.92 Å². The van der Waals surface area contributed by atoms with Gasteiger partial charge in [0.1, 0.15) is 11.9 Å². The van der Waals surface area contributed by atoms with Crippen LogP contribution in [0.15, 0.2) is 0 Å². The van der Waals surface area contributed by atoms with E-state index in [2.05, 4.69) is 51.2 Å². The van der Waals surface area contributed by atoms with Crippen LogP contribution in [0, 0.1) is 11.3 Å². The number of pyridine rings is 1. The predicted molar refractivity (Wildman–Crippen MR) is 92.6 cm³/mol. The van der Waals surface area contributed by atoms with Crippen molar-refractivity contribution >= 4 is 5.82 Å². The molecule has 0 spiro atoms. The van der Waals surface area contributed by atoms with Gasteiger partial charge in [0, 0.05) is 24.2 Å². The minimum Gasteiger partial charge on any atom is -0.370 e. The zero-order chi connectivity index (χ0) is 17.0. The maximum absolute atomic E-state index is 9.67. The molecule has 1 aromatic heterocycles. The van der Waals surface area contributed by atoms with Crippen LogP contribution in [0.5, 0.6) is 0 Å². The fourth-order valence-corrected chi connectivity index (χ4v) is 2.98. The van der Waals surface area contributed by atoms with Crippen molar-refractivity contribution in [3.8, 4) is 6.07 Å². The van der Waals surface area contributed by atoms with Gasteiger partial charge in [-0.3, -0.25) is 0 Å². The van der Waals surface area contributed by atoms with Crippen molar-refractivity contribution in [1.29, 1.82) is 5.26 Å². The highest BCUT2D eigenvalue weighted by Crippen LogP contribution is 2.34. The highest BCUT2D eigenvalue weighted by atomic mass is 16.5. The molecule has 0 fully saturated rings. The number of hydrogen-bond acceptors (Lipinski definition) is 5. The van der Waals surface area contributed by atoms with Crippen molar-refractivity contribution in [3.05, 3.63) is 22.4 Å². The molecule has 5 heteroatoms. The number of nitrogens with zero attached hydrogens (tertiary/aromatic N) is 3. The molecule has 0 amide bonds. The van der Waals surface area contributed by atoms with E-state index in [1.807, 2.05) is 0 Å². The van der Waals surface area contributed by atoms with E-state index in [4.69, 9.17) is 9.72 Å². The summed E-state index contributed by atoms with van der Waals surface area (Å²) in [4.78, 5) is 6.87. The van der Waals surface area contributed by atoms with Crippen LogP contribution in [-0.2, 0) is 24.2 Å². The lowest BCUT2D eigenvalue weighted by molar-refractivity contribution is -0.0406. The van der Waals surface area contributed by atoms with Crippen LogP contribution >= 0.6 is 0 Å². The molecule has 1 aliphatic rings. The van der Waals surface area contributed by atoms with Crippen LogP contribution < -0.4 is 5.32 Å². The minimum absolute atomic E-state index is 0.229. The second-order valence-electron chi connectivity index (χ2n) is 7.01. The smallest absolute Gasteiger partial charge is 0.144 e. The van der Waals surface area contributed by atoms with Gasteiger partial charge in [-0.05, 0) is 52.9 Å². The Balaban J connectivity index is 2.30. The predicted octanol–water partition coefficient (Wildman–Crippen LogP) is 2.73. The summed E-state index contributed by atoms with van der Waals surface area (Å²) in [5, 5.41) is 13.0. The Hall–Kier alpha value is -1.64. The van der Waals surface area contributed by atoms with Crippen molar-refractivity contribution < 1.29 is 4.74 Å². The van der Waals surface area contributed by atoms with Crippen molar-refractivity contribution in [2.75, 3.05) is 32.5 Å². The standard InChI is InChI=1S/C18H28N4O/c1-6-16-15-12-23-18(2,3)10-13(15)14(11-19)17(21-16)20-8-7-9-22(4)5/h6-10,12H2,1-5H3,(H,20,21). The molecule has 0 bridgehead atoms. The third-order valence-corrected chi connectivity index (χ3v) is 4.23. The number of hydrogen-bond donors (Lipinski definition) is 1. The van der Waals surface area contributed by atoms with Gasteiger partial charge in [0.05, 0.1) is 17.8 Å². The third kappa shape index (κ3) is 4.21. The van der Waals surface area contributed by atoms with Crippen molar-refractivity contribution in [2.45, 2.75) is 52.2 Å². The monoisotopic (exact) mass is 316 g/mol. The van der Waals surface area contributed by atoms with Gasteiger partial charge < -0.3 is 15.0 Å². The molecule has 2 rings (SSSR count). The second-order valence-corrected chi connectivity index (χ2v) is 7.01. The van der Waals surface area contributed by atoms with Gasteiger partial charge in [0.25, 0.3) is 0 Å². The van der Waals surface area contributed by atoms with Crippen molar-refractivity contribution in [1.82, 2.24) is 9.88 Å². The fraction of sp³-hybridized carbons (Fsp3) is 0.667. The zero-order valence-corrected chi connectivity index (χ0v) is 15.0. The van der Waals surface area contributed by atoms with Gasteiger partial charge in [0.2, 0.25) is 0 Å². The van der Waals surface area contributed by atoms with E-state index in [0.29, 0.717) is 12.2 Å². The molecule has 0 saturated heterocycles. The first kappa shape index (κ1) is 17.7. The average Bonchev–Trinajstić information content (AvgIpc) is 2.49. The fourth-order valence-electron chi connectivity index (χ4n) is 2.98. The molecule has 5 nitrogen and oxygen atoms in total. The first-order chi connectivity index (χ1) is 10.9. The van der Waals surface area contributed by atoms with Gasteiger partial charge in [-0.15, -0.1) is 0 Å². The first-order valence-electron chi connectivity index (χ1n) is 8.35. The lowest BCUT2D eigenvalue weighted by atomic mass is 9.87. The van der Waals surface area contributed by atoms with Gasteiger partial charge in [0.15, 0.2) is 0 Å². The molecule has 0 saturated carbocycles. The molecule has 1 aromatic rings. The number of nitrogens with one attached hydrogen (secondary N) is 1. The summed E-state index contributed by atoms with van der Waals surface area (Å²) >= 11 is 0. The van der Waals surface area contributed by atoms with Gasteiger partial charge in [-0.2, -0.15) is 5.26 Å². The SMILES string of the molecule is CCc1nc(NCCCN(C)C)c(C#N)c2c1COC(C)(C)C2.